The van der Waals surface area contributed by atoms with Crippen LogP contribution in [0, 0.1) is 5.92 Å². The highest BCUT2D eigenvalue weighted by molar-refractivity contribution is 5.82. The Morgan fingerprint density at radius 2 is 1.72 bits per heavy atom. The van der Waals surface area contributed by atoms with Gasteiger partial charge in [0.05, 0.1) is 24.2 Å². The zero-order valence-corrected chi connectivity index (χ0v) is 26.2. The quantitative estimate of drug-likeness (QED) is 0.183. The number of halogens is 3. The number of Topliss-reactive ketones (excluding diaryl/α,β-unsaturated/α-hetero) is 1. The molecule has 6 rings (SSSR count). The van der Waals surface area contributed by atoms with E-state index < -0.39 is 6.36 Å². The number of nitrogens with zero attached hydrogens (tertiary/aromatic N) is 3. The highest BCUT2D eigenvalue weighted by Crippen LogP contribution is 2.32. The molecule has 1 aromatic heterocycles. The van der Waals surface area contributed by atoms with Crippen molar-refractivity contribution in [1.82, 2.24) is 14.9 Å². The molecule has 10 heteroatoms. The van der Waals surface area contributed by atoms with E-state index in [-0.39, 0.29) is 17.6 Å². The third-order valence-corrected chi connectivity index (χ3v) is 9.04. The molecule has 1 atom stereocenters. The van der Waals surface area contributed by atoms with Crippen molar-refractivity contribution in [3.63, 3.8) is 0 Å². The zero-order valence-electron chi connectivity index (χ0n) is 26.2. The number of hydrogen-bond donors (Lipinski definition) is 1. The summed E-state index contributed by atoms with van der Waals surface area (Å²) in [5.74, 6) is 1.26. The minimum Gasteiger partial charge on any atom is -0.406 e. The molecule has 0 amide bonds. The molecule has 7 nitrogen and oxygen atoms in total. The first-order valence-electron chi connectivity index (χ1n) is 16.2. The summed E-state index contributed by atoms with van der Waals surface area (Å²) in [6, 6.07) is 20.3. The minimum atomic E-state index is -4.74. The minimum absolute atomic E-state index is 0.105. The van der Waals surface area contributed by atoms with Crippen LogP contribution in [0.5, 0.6) is 5.75 Å². The van der Waals surface area contributed by atoms with Crippen molar-refractivity contribution < 1.29 is 27.4 Å². The van der Waals surface area contributed by atoms with Gasteiger partial charge in [-0.05, 0) is 91.9 Å². The summed E-state index contributed by atoms with van der Waals surface area (Å²) in [6.07, 6.45) is 1.94. The Balaban J connectivity index is 1.32. The molecule has 244 valence electrons. The summed E-state index contributed by atoms with van der Waals surface area (Å²) >= 11 is 0. The Bertz CT molecular complexity index is 1610. The van der Waals surface area contributed by atoms with E-state index in [9.17, 15) is 18.0 Å². The average molecular weight is 635 g/mol. The molecule has 1 unspecified atom stereocenters. The Kier molecular flexibility index (Phi) is 9.94. The first-order chi connectivity index (χ1) is 22.2. The number of aromatic nitrogens is 2. The predicted octanol–water partition coefficient (Wildman–Crippen LogP) is 7.68. The molecule has 1 saturated heterocycles. The van der Waals surface area contributed by atoms with E-state index in [0.29, 0.717) is 32.1 Å². The SMILES string of the molecule is CC(=O)CC(NCC1CCCCC1)c1ccc2c(c1)nc(-c1ccc(N3CCOCC3)cc1)n2Cc1ccc(OC(F)(F)F)cc1. The van der Waals surface area contributed by atoms with Crippen molar-refractivity contribution in [3.8, 4) is 17.1 Å². The number of hydrogen-bond acceptors (Lipinski definition) is 6. The molecule has 1 aliphatic heterocycles. The highest BCUT2D eigenvalue weighted by Gasteiger charge is 2.31. The number of imidazole rings is 1. The molecule has 0 bridgehead atoms. The number of ether oxygens (including phenoxy) is 2. The van der Waals surface area contributed by atoms with Gasteiger partial charge in [-0.1, -0.05) is 37.5 Å². The first-order valence-corrected chi connectivity index (χ1v) is 16.2. The monoisotopic (exact) mass is 634 g/mol. The van der Waals surface area contributed by atoms with E-state index in [1.54, 1.807) is 19.1 Å². The molecule has 2 aliphatic rings. The van der Waals surface area contributed by atoms with Crippen LogP contribution in [0.15, 0.2) is 66.7 Å². The molecule has 0 radical (unpaired) electrons. The fraction of sp³-hybridized carbons (Fsp3) is 0.444. The summed E-state index contributed by atoms with van der Waals surface area (Å²) in [4.78, 5) is 19.7. The second-order valence-electron chi connectivity index (χ2n) is 12.5. The van der Waals surface area contributed by atoms with Gasteiger partial charge < -0.3 is 24.3 Å². The van der Waals surface area contributed by atoms with Crippen molar-refractivity contribution in [1.29, 1.82) is 0 Å². The Morgan fingerprint density at radius 1 is 1.00 bits per heavy atom. The number of ketones is 1. The molecule has 1 aliphatic carbocycles. The molecule has 2 heterocycles. The van der Waals surface area contributed by atoms with Gasteiger partial charge in [0.2, 0.25) is 0 Å². The van der Waals surface area contributed by atoms with E-state index in [2.05, 4.69) is 55.9 Å². The van der Waals surface area contributed by atoms with Gasteiger partial charge in [0.15, 0.2) is 0 Å². The van der Waals surface area contributed by atoms with Crippen molar-refractivity contribution >= 4 is 22.5 Å². The summed E-state index contributed by atoms with van der Waals surface area (Å²) < 4.78 is 49.9. The number of carbonyl (C=O) groups excluding carboxylic acids is 1. The van der Waals surface area contributed by atoms with Crippen LogP contribution in [-0.2, 0) is 16.1 Å². The Hall–Kier alpha value is -3.89. The number of fused-ring (bicyclic) bond motifs is 1. The predicted molar refractivity (Wildman–Crippen MR) is 173 cm³/mol. The van der Waals surface area contributed by atoms with Crippen molar-refractivity contribution in [2.24, 2.45) is 5.92 Å². The zero-order chi connectivity index (χ0) is 32.1. The lowest BCUT2D eigenvalue weighted by atomic mass is 9.89. The summed E-state index contributed by atoms with van der Waals surface area (Å²) in [6.45, 7) is 6.00. The fourth-order valence-electron chi connectivity index (χ4n) is 6.66. The maximum Gasteiger partial charge on any atom is 0.573 e. The van der Waals surface area contributed by atoms with Gasteiger partial charge in [-0.3, -0.25) is 4.79 Å². The molecule has 46 heavy (non-hydrogen) atoms. The first kappa shape index (κ1) is 32.1. The van der Waals surface area contributed by atoms with Gasteiger partial charge >= 0.3 is 6.36 Å². The van der Waals surface area contributed by atoms with Gasteiger partial charge in [-0.25, -0.2) is 4.98 Å². The second-order valence-corrected chi connectivity index (χ2v) is 12.5. The third kappa shape index (κ3) is 8.09. The van der Waals surface area contributed by atoms with Crippen molar-refractivity contribution in [3.05, 3.63) is 77.9 Å². The number of anilines is 1. The number of carbonyl (C=O) groups is 1. The van der Waals surface area contributed by atoms with Crippen LogP contribution < -0.4 is 15.0 Å². The third-order valence-electron chi connectivity index (χ3n) is 9.04. The summed E-state index contributed by atoms with van der Waals surface area (Å²) in [5, 5.41) is 3.69. The highest BCUT2D eigenvalue weighted by atomic mass is 19.4. The van der Waals surface area contributed by atoms with Crippen LogP contribution in [0.1, 0.15) is 62.6 Å². The molecular formula is C36H41F3N4O3. The lowest BCUT2D eigenvalue weighted by Crippen LogP contribution is -2.36. The summed E-state index contributed by atoms with van der Waals surface area (Å²) in [7, 11) is 0. The van der Waals surface area contributed by atoms with Crippen LogP contribution in [0.25, 0.3) is 22.4 Å². The lowest BCUT2D eigenvalue weighted by Gasteiger charge is -2.28. The summed E-state index contributed by atoms with van der Waals surface area (Å²) in [5.41, 5.74) is 5.59. The number of morpholine rings is 1. The molecule has 1 saturated carbocycles. The van der Waals surface area contributed by atoms with E-state index in [0.717, 1.165) is 58.9 Å². The molecule has 2 fully saturated rings. The molecule has 1 N–H and O–H groups in total. The van der Waals surface area contributed by atoms with Crippen LogP contribution in [0.3, 0.4) is 0 Å². The van der Waals surface area contributed by atoms with Crippen LogP contribution in [0.4, 0.5) is 18.9 Å². The molecule has 0 spiro atoms. The molecule has 4 aromatic rings. The lowest BCUT2D eigenvalue weighted by molar-refractivity contribution is -0.274. The smallest absolute Gasteiger partial charge is 0.406 e. The van der Waals surface area contributed by atoms with Gasteiger partial charge in [0, 0.05) is 43.3 Å². The Morgan fingerprint density at radius 3 is 2.39 bits per heavy atom. The number of nitrogens with one attached hydrogen (secondary N) is 1. The fourth-order valence-corrected chi connectivity index (χ4v) is 6.66. The van der Waals surface area contributed by atoms with E-state index in [4.69, 9.17) is 9.72 Å². The maximum absolute atomic E-state index is 12.7. The molecular weight excluding hydrogens is 593 g/mol. The normalized spacial score (nSPS) is 16.9. The second kappa shape index (κ2) is 14.3. The Labute approximate surface area is 267 Å². The average Bonchev–Trinajstić information content (AvgIpc) is 3.41. The van der Waals surface area contributed by atoms with Crippen LogP contribution in [-0.4, -0.2) is 54.5 Å². The largest absolute Gasteiger partial charge is 0.573 e. The number of benzene rings is 3. The van der Waals surface area contributed by atoms with Gasteiger partial charge in [0.1, 0.15) is 17.4 Å². The van der Waals surface area contributed by atoms with E-state index in [1.807, 2.05) is 6.07 Å². The van der Waals surface area contributed by atoms with Crippen LogP contribution in [0.2, 0.25) is 0 Å². The van der Waals surface area contributed by atoms with E-state index >= 15 is 0 Å². The standard InChI is InChI=1S/C36H41F3N4O3/c1-25(44)21-32(40-23-26-5-3-2-4-6-26)29-11-16-34-33(22-29)41-35(28-9-12-30(13-10-28)42-17-19-45-20-18-42)43(34)24-27-7-14-31(15-8-27)46-36(37,38)39/h7-16,22,26,32,40H,2-6,17-21,23-24H2,1H3. The van der Waals surface area contributed by atoms with Gasteiger partial charge in [-0.15, -0.1) is 13.2 Å². The van der Waals surface area contributed by atoms with Crippen LogP contribution >= 0.6 is 0 Å². The van der Waals surface area contributed by atoms with Crippen molar-refractivity contribution in [2.75, 3.05) is 37.7 Å². The van der Waals surface area contributed by atoms with Gasteiger partial charge in [0.25, 0.3) is 0 Å². The maximum atomic E-state index is 12.7. The number of rotatable bonds is 11. The topological polar surface area (TPSA) is 68.6 Å². The van der Waals surface area contributed by atoms with E-state index in [1.165, 1.54) is 44.2 Å². The molecule has 3 aromatic carbocycles. The van der Waals surface area contributed by atoms with Gasteiger partial charge in [-0.2, -0.15) is 0 Å². The van der Waals surface area contributed by atoms with Crippen molar-refractivity contribution in [2.45, 2.75) is 64.4 Å². The number of alkyl halides is 3.